The summed E-state index contributed by atoms with van der Waals surface area (Å²) >= 11 is 0. The van der Waals surface area contributed by atoms with E-state index in [1.807, 2.05) is 24.8 Å². The minimum atomic E-state index is -3.85. The van der Waals surface area contributed by atoms with Gasteiger partial charge >= 0.3 is 203 Å². The molecule has 10 saturated heterocycles. The van der Waals surface area contributed by atoms with Gasteiger partial charge in [-0.05, 0) is 0 Å². The quantitative estimate of drug-likeness (QED) is 0.286. The summed E-state index contributed by atoms with van der Waals surface area (Å²) in [5, 5.41) is 0.577. The fraction of sp³-hybridized carbons (Fsp3) is 0.714. The van der Waals surface area contributed by atoms with Crippen molar-refractivity contribution >= 4 is 17.2 Å². The molecule has 10 aliphatic heterocycles. The van der Waals surface area contributed by atoms with Crippen LogP contribution in [0.3, 0.4) is 0 Å². The van der Waals surface area contributed by atoms with E-state index in [1.165, 1.54) is 45.1 Å². The van der Waals surface area contributed by atoms with Crippen molar-refractivity contribution in [3.05, 3.63) is 48.6 Å². The fourth-order valence-corrected chi connectivity index (χ4v) is 109. The van der Waals surface area contributed by atoms with E-state index in [4.69, 9.17) is 9.97 Å². The van der Waals surface area contributed by atoms with Crippen molar-refractivity contribution in [2.24, 2.45) is 0 Å². The third-order valence-corrected chi connectivity index (χ3v) is 68.9. The summed E-state index contributed by atoms with van der Waals surface area (Å²) in [4.78, 5) is 29.2. The molecule has 2 aromatic heterocycles. The van der Waals surface area contributed by atoms with Crippen molar-refractivity contribution in [2.45, 2.75) is 104 Å². The molecular weight excluding hydrogens is 510 g/mol. The molecule has 0 amide bonds. The van der Waals surface area contributed by atoms with Crippen LogP contribution >= 0.6 is 17.2 Å². The van der Waals surface area contributed by atoms with E-state index < -0.39 is 6.51 Å². The van der Waals surface area contributed by atoms with Crippen LogP contribution in [-0.4, -0.2) is 36.4 Å². The van der Waals surface area contributed by atoms with Crippen molar-refractivity contribution in [1.29, 1.82) is 0 Å². The Morgan fingerprint density at radius 2 is 1.26 bits per heavy atom. The van der Waals surface area contributed by atoms with Gasteiger partial charge < -0.3 is 0 Å². The molecule has 2 aromatic rings. The molecule has 0 aromatic carbocycles. The van der Waals surface area contributed by atoms with Gasteiger partial charge in [0, 0.05) is 0 Å². The van der Waals surface area contributed by atoms with E-state index in [0.29, 0.717) is 18.9 Å². The summed E-state index contributed by atoms with van der Waals surface area (Å²) in [5.41, 5.74) is 2.35. The standard InChI is InChI=1S/C23H31N4P2.C5H5.Fe/c1-21(2,3)29(22(4,5)6)16-17-8-7-9-18(17)23(28,19-14-24-10-12-26-19)20-15-25-11-13-27-20;1-2-4-5-3-1;/h7-15H,16,28H2,1-6H3;1-5H;. The predicted molar refractivity (Wildman–Crippen MR) is 141 cm³/mol. The monoisotopic (exact) mass is 546 g/mol. The average molecular weight is 546 g/mol. The molecule has 6 atom stereocenters. The molecule has 10 fully saturated rings. The first-order chi connectivity index (χ1) is 16.2. The van der Waals surface area contributed by atoms with Crippen LogP contribution in [0.2, 0.25) is 47.2 Å². The maximum absolute atomic E-state index is 5.10. The first kappa shape index (κ1) is 18.7. The Hall–Kier alpha value is -0.461. The van der Waals surface area contributed by atoms with E-state index in [9.17, 15) is 0 Å². The van der Waals surface area contributed by atoms with Crippen LogP contribution in [0.1, 0.15) is 52.9 Å². The SMILES string of the molecule is CC(C)(C)P(C[C]12[CH]3[CH]4[CH]5[C]1(C(P)(c1cnccn1)c1cnccn1)[Fe]43521678[CH]2[CH]1[CH]6[CH]7[CH]28)C(C)(C)C. The van der Waals surface area contributed by atoms with Crippen LogP contribution in [-0.2, 0) is 11.7 Å². The van der Waals surface area contributed by atoms with Gasteiger partial charge in [-0.3, -0.25) is 0 Å². The van der Waals surface area contributed by atoms with Gasteiger partial charge in [-0.15, -0.1) is 0 Å². The third kappa shape index (κ3) is 0.424. The molecule has 4 nitrogen and oxygen atoms in total. The summed E-state index contributed by atoms with van der Waals surface area (Å²) < 4.78 is 1.18. The van der Waals surface area contributed by atoms with Crippen LogP contribution in [0.4, 0.5) is 0 Å². The molecule has 0 N–H and O–H groups in total. The van der Waals surface area contributed by atoms with Gasteiger partial charge in [-0.1, -0.05) is 0 Å². The van der Waals surface area contributed by atoms with Crippen molar-refractivity contribution in [3.63, 3.8) is 0 Å². The third-order valence-electron chi connectivity index (χ3n) is 19.7. The number of nitrogens with zero attached hydrogens (tertiary/aromatic N) is 4. The van der Waals surface area contributed by atoms with E-state index in [0.717, 1.165) is 4.82 Å². The van der Waals surface area contributed by atoms with E-state index in [-0.39, 0.29) is 13.1 Å². The molecule has 12 heterocycles. The predicted octanol–water partition coefficient (Wildman–Crippen LogP) is 7.59. The van der Waals surface area contributed by atoms with Crippen LogP contribution in [0, 0.1) is 0 Å². The second kappa shape index (κ2) is 2.53. The molecule has 1 spiro atoms. The van der Waals surface area contributed by atoms with E-state index in [1.54, 1.807) is 6.16 Å². The van der Waals surface area contributed by atoms with Gasteiger partial charge in [0.1, 0.15) is 0 Å². The van der Waals surface area contributed by atoms with Crippen LogP contribution in [0.25, 0.3) is 0 Å². The topological polar surface area (TPSA) is 51.6 Å². The minimum absolute atomic E-state index is 0.112. The Balaban J connectivity index is 1.21. The van der Waals surface area contributed by atoms with E-state index >= 15 is 0 Å². The summed E-state index contributed by atoms with van der Waals surface area (Å²) in [5.74, 6) is 0. The molecule has 0 bridgehead atoms. The molecule has 10 aliphatic rings. The number of hydrogen-bond donors (Lipinski definition) is 0. The van der Waals surface area contributed by atoms with Gasteiger partial charge in [-0.2, -0.15) is 0 Å². The number of fused-ring (bicyclic) bond motifs is 10. The van der Waals surface area contributed by atoms with E-state index in [2.05, 4.69) is 73.1 Å². The Bertz CT molecular complexity index is 1740. The molecule has 0 saturated carbocycles. The van der Waals surface area contributed by atoms with Crippen molar-refractivity contribution in [3.8, 4) is 0 Å². The first-order valence-corrected chi connectivity index (χ1v) is 21.9. The first-order valence-electron chi connectivity index (χ1n) is 13.5. The zero-order chi connectivity index (χ0) is 23.9. The Morgan fingerprint density at radius 1 is 0.771 bits per heavy atom. The molecular formula is C28H36FeN4P2. The summed E-state index contributed by atoms with van der Waals surface area (Å²) in [6.07, 6.45) is 13.3. The van der Waals surface area contributed by atoms with Gasteiger partial charge in [0.15, 0.2) is 0 Å². The Morgan fingerprint density at radius 3 is 1.60 bits per heavy atom. The molecule has 35 heavy (non-hydrogen) atoms. The summed E-state index contributed by atoms with van der Waals surface area (Å²) in [7, 11) is 3.39. The summed E-state index contributed by atoms with van der Waals surface area (Å²) in [6.45, 7) is 11.5. The Labute approximate surface area is 201 Å². The second-order valence-corrected chi connectivity index (χ2v) is 45.9. The van der Waals surface area contributed by atoms with Gasteiger partial charge in [-0.25, -0.2) is 0 Å². The fourth-order valence-electron chi connectivity index (χ4n) is 21.9. The van der Waals surface area contributed by atoms with Crippen molar-refractivity contribution in [1.82, 2.24) is 19.9 Å². The van der Waals surface area contributed by atoms with Gasteiger partial charge in [0.25, 0.3) is 0 Å². The zero-order valence-corrected chi connectivity index (χ0v) is 24.6. The number of aromatic nitrogens is 4. The van der Waals surface area contributed by atoms with Crippen LogP contribution < -0.4 is 0 Å². The van der Waals surface area contributed by atoms with Crippen molar-refractivity contribution < 1.29 is 6.51 Å². The van der Waals surface area contributed by atoms with Crippen molar-refractivity contribution in [2.75, 3.05) is 6.16 Å². The van der Waals surface area contributed by atoms with Crippen LogP contribution in [0.15, 0.2) is 37.2 Å². The summed E-state index contributed by atoms with van der Waals surface area (Å²) in [6, 6.07) is 0. The normalized spacial score (nSPS) is 67.7. The zero-order valence-electron chi connectivity index (χ0n) is 21.5. The number of hydrogen-bond acceptors (Lipinski definition) is 4. The molecule has 0 aliphatic carbocycles. The van der Waals surface area contributed by atoms with Crippen LogP contribution in [0.5, 0.6) is 0 Å². The second-order valence-electron chi connectivity index (χ2n) is 17.8. The molecule has 7 heteroatoms. The van der Waals surface area contributed by atoms with Gasteiger partial charge in [0.05, 0.1) is 0 Å². The maximum atomic E-state index is 5.10. The molecule has 0 radical (unpaired) electrons. The molecule has 186 valence electrons. The average Bonchev–Trinajstić information content (AvgIpc) is 3.76. The van der Waals surface area contributed by atoms with Gasteiger partial charge in [0.2, 0.25) is 0 Å². The Kier molecular flexibility index (Phi) is 1.35. The molecule has 12 rings (SSSR count). The molecule has 6 unspecified atom stereocenters. The number of rotatable bonds is 5.